The molecule has 1 heteroatoms. The first kappa shape index (κ1) is 16.1. The zero-order valence-electron chi connectivity index (χ0n) is 9.44. The van der Waals surface area contributed by atoms with Crippen LogP contribution in [0.5, 0.6) is 0 Å². The van der Waals surface area contributed by atoms with Gasteiger partial charge in [0.05, 0.1) is 0 Å². The van der Waals surface area contributed by atoms with Crippen LogP contribution in [0.3, 0.4) is 0 Å². The Balaban J connectivity index is 0. The van der Waals surface area contributed by atoms with Crippen LogP contribution < -0.4 is 0 Å². The zero-order chi connectivity index (χ0) is 12.1. The standard InChI is InChI=1S/C11H14.C2H2.CH2S/c1-3-4-8-11-9-6-5-7-10(11)2;2*1-2/h3-8H,9H2,1-2H3;1-2H;1H2/b4-3-,11-8+;;. The van der Waals surface area contributed by atoms with Crippen LogP contribution in [0.4, 0.5) is 0 Å². The van der Waals surface area contributed by atoms with E-state index in [-0.39, 0.29) is 0 Å². The lowest BCUT2D eigenvalue weighted by Crippen LogP contribution is -1.87. The highest BCUT2D eigenvalue weighted by Gasteiger charge is 1.98. The van der Waals surface area contributed by atoms with Crippen LogP contribution in [0.15, 0.2) is 47.6 Å². The van der Waals surface area contributed by atoms with Crippen molar-refractivity contribution in [2.75, 3.05) is 0 Å². The summed E-state index contributed by atoms with van der Waals surface area (Å²) in [4.78, 5) is 0. The Morgan fingerprint density at radius 2 is 2.00 bits per heavy atom. The minimum absolute atomic E-state index is 1.08. The molecule has 0 saturated heterocycles. The third kappa shape index (κ3) is 7.66. The Bertz CT molecular complexity index is 288. The van der Waals surface area contributed by atoms with Crippen LogP contribution in [0, 0.1) is 12.8 Å². The predicted octanol–water partition coefficient (Wildman–Crippen LogP) is 4.26. The molecule has 0 aromatic carbocycles. The molecule has 1 rings (SSSR count). The Hall–Kier alpha value is -1.39. The minimum atomic E-state index is 1.08. The smallest absolute Gasteiger partial charge is 0.00917 e. The molecule has 0 aromatic rings. The summed E-state index contributed by atoms with van der Waals surface area (Å²) in [7, 11) is 0. The number of rotatable bonds is 1. The number of thiocarbonyl (C=S) groups is 1. The van der Waals surface area contributed by atoms with Gasteiger partial charge in [-0.05, 0) is 37.3 Å². The molecule has 1 aliphatic carbocycles. The van der Waals surface area contributed by atoms with Crippen LogP contribution >= 0.6 is 12.2 Å². The average Bonchev–Trinajstić information content (AvgIpc) is 2.33. The quantitative estimate of drug-likeness (QED) is 0.468. The van der Waals surface area contributed by atoms with Gasteiger partial charge in [0.2, 0.25) is 0 Å². The lowest BCUT2D eigenvalue weighted by molar-refractivity contribution is 1.18. The van der Waals surface area contributed by atoms with Crippen molar-refractivity contribution in [1.29, 1.82) is 0 Å². The summed E-state index contributed by atoms with van der Waals surface area (Å²) in [6, 6.07) is 0. The highest BCUT2D eigenvalue weighted by Crippen LogP contribution is 2.18. The van der Waals surface area contributed by atoms with E-state index in [1.54, 1.807) is 0 Å². The first-order valence-corrected chi connectivity index (χ1v) is 5.20. The highest BCUT2D eigenvalue weighted by atomic mass is 32.1. The van der Waals surface area contributed by atoms with E-state index in [1.807, 2.05) is 6.92 Å². The largest absolute Gasteiger partial charge is 0.124 e. The second kappa shape index (κ2) is 12.6. The Labute approximate surface area is 99.1 Å². The maximum Gasteiger partial charge on any atom is -0.00917 e. The third-order valence-electron chi connectivity index (χ3n) is 1.82. The van der Waals surface area contributed by atoms with Gasteiger partial charge in [0.15, 0.2) is 0 Å². The summed E-state index contributed by atoms with van der Waals surface area (Å²) >= 11 is 3.83. The van der Waals surface area contributed by atoms with E-state index >= 15 is 0 Å². The normalized spacial score (nSPS) is 16.0. The third-order valence-corrected chi connectivity index (χ3v) is 1.82. The van der Waals surface area contributed by atoms with Crippen LogP contribution in [0.1, 0.15) is 20.3 Å². The summed E-state index contributed by atoms with van der Waals surface area (Å²) in [5.41, 5.74) is 2.80. The van der Waals surface area contributed by atoms with Crippen molar-refractivity contribution in [3.05, 3.63) is 47.6 Å². The molecule has 0 aromatic heterocycles. The molecule has 0 bridgehead atoms. The molecule has 0 unspecified atom stereocenters. The molecule has 0 heterocycles. The average molecular weight is 218 g/mol. The number of allylic oxidation sites excluding steroid dienone is 8. The zero-order valence-corrected chi connectivity index (χ0v) is 10.3. The van der Waals surface area contributed by atoms with Crippen molar-refractivity contribution in [1.82, 2.24) is 0 Å². The van der Waals surface area contributed by atoms with Crippen LogP contribution in [0.2, 0.25) is 0 Å². The van der Waals surface area contributed by atoms with Crippen LogP contribution in [-0.2, 0) is 0 Å². The molecule has 0 radical (unpaired) electrons. The molecular formula is C14H18S. The van der Waals surface area contributed by atoms with E-state index < -0.39 is 0 Å². The molecule has 0 spiro atoms. The van der Waals surface area contributed by atoms with Crippen molar-refractivity contribution >= 4 is 18.1 Å². The maximum absolute atomic E-state index is 4.00. The Kier molecular flexibility index (Phi) is 13.5. The van der Waals surface area contributed by atoms with E-state index in [2.05, 4.69) is 74.3 Å². The summed E-state index contributed by atoms with van der Waals surface area (Å²) < 4.78 is 0. The van der Waals surface area contributed by atoms with Crippen molar-refractivity contribution in [2.45, 2.75) is 20.3 Å². The molecule has 1 aliphatic rings. The molecule has 0 saturated carbocycles. The summed E-state index contributed by atoms with van der Waals surface area (Å²) in [5, 5.41) is 0. The van der Waals surface area contributed by atoms with Gasteiger partial charge in [0.1, 0.15) is 0 Å². The fourth-order valence-electron chi connectivity index (χ4n) is 1.09. The molecular weight excluding hydrogens is 200 g/mol. The van der Waals surface area contributed by atoms with Crippen molar-refractivity contribution in [3.63, 3.8) is 0 Å². The van der Waals surface area contributed by atoms with Crippen molar-refractivity contribution in [2.24, 2.45) is 0 Å². The lowest BCUT2D eigenvalue weighted by atomic mass is 9.99. The van der Waals surface area contributed by atoms with Gasteiger partial charge in [-0.15, -0.1) is 12.8 Å². The lowest BCUT2D eigenvalue weighted by Gasteiger charge is -2.06. The number of terminal acetylenes is 1. The highest BCUT2D eigenvalue weighted by molar-refractivity contribution is 7.77. The fourth-order valence-corrected chi connectivity index (χ4v) is 1.09. The summed E-state index contributed by atoms with van der Waals surface area (Å²) in [6.07, 6.45) is 21.8. The second-order valence-electron chi connectivity index (χ2n) is 2.70. The van der Waals surface area contributed by atoms with E-state index in [4.69, 9.17) is 0 Å². The van der Waals surface area contributed by atoms with Gasteiger partial charge in [0.25, 0.3) is 0 Å². The van der Waals surface area contributed by atoms with Gasteiger partial charge in [-0.1, -0.05) is 48.7 Å². The Morgan fingerprint density at radius 1 is 1.40 bits per heavy atom. The first-order valence-electron chi connectivity index (χ1n) is 4.62. The van der Waals surface area contributed by atoms with Gasteiger partial charge < -0.3 is 0 Å². The molecule has 0 fully saturated rings. The number of hydrogen-bond acceptors (Lipinski definition) is 1. The molecule has 0 aliphatic heterocycles. The van der Waals surface area contributed by atoms with Gasteiger partial charge in [-0.3, -0.25) is 0 Å². The SMILES string of the molecule is C#C.C/C=C\C=C1/CC=CC=C1C.C=S. The molecule has 15 heavy (non-hydrogen) atoms. The van der Waals surface area contributed by atoms with E-state index in [0.29, 0.717) is 0 Å². The maximum atomic E-state index is 4.00. The van der Waals surface area contributed by atoms with Crippen molar-refractivity contribution in [3.8, 4) is 12.8 Å². The summed E-state index contributed by atoms with van der Waals surface area (Å²) in [5.74, 6) is 2.83. The molecule has 0 N–H and O–H groups in total. The van der Waals surface area contributed by atoms with Gasteiger partial charge >= 0.3 is 0 Å². The van der Waals surface area contributed by atoms with E-state index in [0.717, 1.165) is 6.42 Å². The van der Waals surface area contributed by atoms with E-state index in [1.165, 1.54) is 11.1 Å². The first-order chi connectivity index (χ1) is 7.34. The van der Waals surface area contributed by atoms with Crippen molar-refractivity contribution < 1.29 is 0 Å². The van der Waals surface area contributed by atoms with Crippen LogP contribution in [-0.4, -0.2) is 5.87 Å². The molecule has 0 atom stereocenters. The second-order valence-corrected chi connectivity index (χ2v) is 2.70. The van der Waals surface area contributed by atoms with Crippen LogP contribution in [0.25, 0.3) is 0 Å². The topological polar surface area (TPSA) is 0 Å². The number of hydrogen-bond donors (Lipinski definition) is 0. The predicted molar refractivity (Wildman–Crippen MR) is 75.0 cm³/mol. The molecule has 0 nitrogen and oxygen atoms in total. The summed E-state index contributed by atoms with van der Waals surface area (Å²) in [6.45, 7) is 4.19. The molecule has 80 valence electrons. The Morgan fingerprint density at radius 3 is 2.47 bits per heavy atom. The van der Waals surface area contributed by atoms with Gasteiger partial charge in [-0.25, -0.2) is 0 Å². The van der Waals surface area contributed by atoms with Gasteiger partial charge in [-0.2, -0.15) is 0 Å². The fraction of sp³-hybridized carbons (Fsp3) is 0.214. The molecule has 0 amide bonds. The van der Waals surface area contributed by atoms with Gasteiger partial charge in [0, 0.05) is 0 Å². The van der Waals surface area contributed by atoms with E-state index in [9.17, 15) is 0 Å². The minimum Gasteiger partial charge on any atom is -0.124 e. The monoisotopic (exact) mass is 218 g/mol.